The molecule has 2 aromatic carbocycles. The number of aromatic amines is 2. The third kappa shape index (κ3) is 3.33. The molecule has 4 aromatic rings. The van der Waals surface area contributed by atoms with Gasteiger partial charge >= 0.3 is 6.18 Å². The maximum atomic E-state index is 13.0. The van der Waals surface area contributed by atoms with Crippen LogP contribution in [0.4, 0.5) is 13.2 Å². The van der Waals surface area contributed by atoms with Gasteiger partial charge in [-0.15, -0.1) is 0 Å². The van der Waals surface area contributed by atoms with Gasteiger partial charge < -0.3 is 25.2 Å². The van der Waals surface area contributed by atoms with Crippen molar-refractivity contribution >= 4 is 11.0 Å². The molecule has 0 amide bonds. The summed E-state index contributed by atoms with van der Waals surface area (Å²) in [6, 6.07) is 10.6. The monoisotopic (exact) mass is 468 g/mol. The van der Waals surface area contributed by atoms with Crippen LogP contribution >= 0.6 is 0 Å². The van der Waals surface area contributed by atoms with Crippen molar-refractivity contribution in [3.8, 4) is 17.2 Å². The van der Waals surface area contributed by atoms with Crippen LogP contribution in [-0.2, 0) is 12.6 Å². The second-order valence-electron chi connectivity index (χ2n) is 8.48. The molecule has 1 aliphatic carbocycles. The second kappa shape index (κ2) is 7.36. The first kappa shape index (κ1) is 20.8. The fourth-order valence-electron chi connectivity index (χ4n) is 4.69. The number of hydrogen-bond acceptors (Lipinski definition) is 5. The highest BCUT2D eigenvalue weighted by atomic mass is 19.4. The molecule has 2 aliphatic rings. The minimum Gasteiger partial charge on any atom is -0.489 e. The molecule has 1 fully saturated rings. The van der Waals surface area contributed by atoms with Gasteiger partial charge in [-0.25, -0.2) is 4.98 Å². The lowest BCUT2D eigenvalue weighted by Crippen LogP contribution is -2.16. The molecule has 10 heteroatoms. The van der Waals surface area contributed by atoms with Crippen LogP contribution in [0.2, 0.25) is 0 Å². The number of nitrogens with two attached hydrogens (primary N) is 1. The van der Waals surface area contributed by atoms with E-state index in [4.69, 9.17) is 15.2 Å². The molecule has 174 valence electrons. The van der Waals surface area contributed by atoms with Crippen molar-refractivity contribution in [2.75, 3.05) is 6.54 Å². The number of H-pyrrole nitrogens is 2. The molecule has 3 heterocycles. The Bertz CT molecular complexity index is 1480. The Hall–Kier alpha value is -3.79. The average Bonchev–Trinajstić information content (AvgIpc) is 3.15. The molecule has 3 atom stereocenters. The summed E-state index contributed by atoms with van der Waals surface area (Å²) in [6.07, 6.45) is -2.65. The lowest BCUT2D eigenvalue weighted by Gasteiger charge is -2.12. The van der Waals surface area contributed by atoms with Crippen LogP contribution in [0.1, 0.15) is 34.4 Å². The zero-order chi connectivity index (χ0) is 23.6. The van der Waals surface area contributed by atoms with Gasteiger partial charge in [0.15, 0.2) is 0 Å². The predicted molar refractivity (Wildman–Crippen MR) is 117 cm³/mol. The average molecular weight is 468 g/mol. The standard InChI is InChI=1S/C24H19F3N4O3/c25-24(26,27)11-1-3-15-16(9-11)31-22(30-15)20-19-14-10-12(2-4-17(14)34-21(19)20)33-18-6-8-29-23(32)13(18)5-7-28/h1-4,6,8-10,19-21H,5,7,28H2,(H,29,32)(H,30,31)/t19?,20-,21?/m0/s1. The molecule has 7 nitrogen and oxygen atoms in total. The maximum absolute atomic E-state index is 13.0. The van der Waals surface area contributed by atoms with Gasteiger partial charge in [0.1, 0.15) is 29.2 Å². The van der Waals surface area contributed by atoms with Crippen LogP contribution in [-0.4, -0.2) is 27.6 Å². The Labute approximate surface area is 190 Å². The summed E-state index contributed by atoms with van der Waals surface area (Å²) in [4.78, 5) is 22.3. The molecule has 2 aromatic heterocycles. The van der Waals surface area contributed by atoms with Crippen molar-refractivity contribution < 1.29 is 22.6 Å². The molecule has 6 rings (SSSR count). The second-order valence-corrected chi connectivity index (χ2v) is 8.48. The van der Waals surface area contributed by atoms with Crippen LogP contribution in [0, 0.1) is 0 Å². The van der Waals surface area contributed by atoms with Crippen molar-refractivity contribution in [1.29, 1.82) is 0 Å². The highest BCUT2D eigenvalue weighted by Gasteiger charge is 2.61. The van der Waals surface area contributed by atoms with Crippen molar-refractivity contribution in [2.24, 2.45) is 5.73 Å². The molecule has 4 N–H and O–H groups in total. The van der Waals surface area contributed by atoms with Gasteiger partial charge in [0.05, 0.1) is 28.1 Å². The van der Waals surface area contributed by atoms with E-state index in [1.165, 1.54) is 12.3 Å². The highest BCUT2D eigenvalue weighted by Crippen LogP contribution is 2.63. The largest absolute Gasteiger partial charge is 0.489 e. The Morgan fingerprint density at radius 3 is 2.76 bits per heavy atom. The zero-order valence-corrected chi connectivity index (χ0v) is 17.6. The summed E-state index contributed by atoms with van der Waals surface area (Å²) in [7, 11) is 0. The molecule has 1 aliphatic heterocycles. The smallest absolute Gasteiger partial charge is 0.416 e. The maximum Gasteiger partial charge on any atom is 0.416 e. The SMILES string of the molecule is NCCc1c(Oc2ccc3c(c2)C2C(O3)[C@H]2c2nc3ccc(C(F)(F)F)cc3[nH]2)cc[nH]c1=O. The molecule has 0 saturated heterocycles. The Balaban J connectivity index is 1.27. The zero-order valence-electron chi connectivity index (χ0n) is 17.6. The van der Waals surface area contributed by atoms with Crippen LogP contribution in [0.25, 0.3) is 11.0 Å². The fraction of sp³-hybridized carbons (Fsp3) is 0.250. The van der Waals surface area contributed by atoms with Crippen LogP contribution in [0.5, 0.6) is 17.2 Å². The summed E-state index contributed by atoms with van der Waals surface area (Å²) in [5, 5.41) is 0. The first-order valence-corrected chi connectivity index (χ1v) is 10.8. The fourth-order valence-corrected chi connectivity index (χ4v) is 4.69. The van der Waals surface area contributed by atoms with E-state index in [1.54, 1.807) is 12.1 Å². The lowest BCUT2D eigenvalue weighted by molar-refractivity contribution is -0.137. The van der Waals surface area contributed by atoms with E-state index in [0.29, 0.717) is 46.9 Å². The summed E-state index contributed by atoms with van der Waals surface area (Å²) >= 11 is 0. The van der Waals surface area contributed by atoms with Crippen LogP contribution < -0.4 is 20.8 Å². The van der Waals surface area contributed by atoms with Gasteiger partial charge in [-0.2, -0.15) is 13.2 Å². The Morgan fingerprint density at radius 2 is 1.97 bits per heavy atom. The van der Waals surface area contributed by atoms with E-state index in [1.807, 2.05) is 12.1 Å². The van der Waals surface area contributed by atoms with Crippen molar-refractivity contribution in [3.63, 3.8) is 0 Å². The number of fused-ring (bicyclic) bond motifs is 4. The number of alkyl halides is 3. The van der Waals surface area contributed by atoms with Gasteiger partial charge in [0.25, 0.3) is 5.56 Å². The van der Waals surface area contributed by atoms with Crippen molar-refractivity contribution in [1.82, 2.24) is 15.0 Å². The van der Waals surface area contributed by atoms with E-state index in [9.17, 15) is 18.0 Å². The van der Waals surface area contributed by atoms with Gasteiger partial charge in [0, 0.05) is 17.7 Å². The molecule has 0 bridgehead atoms. The Kier molecular flexibility index (Phi) is 4.50. The number of aromatic nitrogens is 3. The van der Waals surface area contributed by atoms with E-state index < -0.39 is 11.7 Å². The molecule has 0 radical (unpaired) electrons. The van der Waals surface area contributed by atoms with Gasteiger partial charge in [-0.3, -0.25) is 4.79 Å². The minimum absolute atomic E-state index is 0.0175. The molecular weight excluding hydrogens is 449 g/mol. The number of benzene rings is 2. The highest BCUT2D eigenvalue weighted by molar-refractivity contribution is 5.76. The third-order valence-electron chi connectivity index (χ3n) is 6.34. The summed E-state index contributed by atoms with van der Waals surface area (Å²) in [5.74, 6) is 2.26. The van der Waals surface area contributed by atoms with Gasteiger partial charge in [-0.05, 0) is 55.4 Å². The first-order chi connectivity index (χ1) is 16.3. The number of nitrogens with zero attached hydrogens (tertiary/aromatic N) is 1. The number of halogens is 3. The summed E-state index contributed by atoms with van der Waals surface area (Å²) in [5.41, 5.74) is 6.90. The van der Waals surface area contributed by atoms with Crippen molar-refractivity contribution in [2.45, 2.75) is 30.5 Å². The van der Waals surface area contributed by atoms with Crippen LogP contribution in [0.15, 0.2) is 53.5 Å². The van der Waals surface area contributed by atoms with E-state index >= 15 is 0 Å². The number of hydrogen-bond donors (Lipinski definition) is 3. The molecule has 0 spiro atoms. The third-order valence-corrected chi connectivity index (χ3v) is 6.34. The molecular formula is C24H19F3N4O3. The topological polar surface area (TPSA) is 106 Å². The molecule has 2 unspecified atom stereocenters. The number of rotatable bonds is 5. The van der Waals surface area contributed by atoms with Crippen LogP contribution in [0.3, 0.4) is 0 Å². The number of imidazole rings is 1. The summed E-state index contributed by atoms with van der Waals surface area (Å²) < 4.78 is 51.2. The van der Waals surface area contributed by atoms with E-state index in [2.05, 4.69) is 15.0 Å². The Morgan fingerprint density at radius 1 is 1.12 bits per heavy atom. The summed E-state index contributed by atoms with van der Waals surface area (Å²) in [6.45, 7) is 0.314. The van der Waals surface area contributed by atoms with Gasteiger partial charge in [-0.1, -0.05) is 0 Å². The quantitative estimate of drug-likeness (QED) is 0.407. The normalized spacial score (nSPS) is 20.6. The molecule has 1 saturated carbocycles. The predicted octanol–water partition coefficient (Wildman–Crippen LogP) is 4.21. The first-order valence-electron chi connectivity index (χ1n) is 10.8. The number of pyridine rings is 1. The van der Waals surface area contributed by atoms with Crippen molar-refractivity contribution in [3.05, 3.63) is 81.5 Å². The van der Waals surface area contributed by atoms with E-state index in [0.717, 1.165) is 23.4 Å². The molecule has 34 heavy (non-hydrogen) atoms. The minimum atomic E-state index is -4.42. The van der Waals surface area contributed by atoms with E-state index in [-0.39, 0.29) is 23.5 Å². The number of ether oxygens (including phenoxy) is 2. The van der Waals surface area contributed by atoms with Gasteiger partial charge in [0.2, 0.25) is 0 Å². The lowest BCUT2D eigenvalue weighted by atomic mass is 10.1. The number of nitrogens with one attached hydrogen (secondary N) is 2.